The predicted molar refractivity (Wildman–Crippen MR) is 110 cm³/mol. The van der Waals surface area contributed by atoms with Gasteiger partial charge in [-0.15, -0.1) is 0 Å². The third kappa shape index (κ3) is 8.28. The van der Waals surface area contributed by atoms with E-state index in [1.54, 1.807) is 24.3 Å². The highest BCUT2D eigenvalue weighted by molar-refractivity contribution is 5.99. The van der Waals surface area contributed by atoms with Crippen LogP contribution in [-0.2, 0) is 9.47 Å². The lowest BCUT2D eigenvalue weighted by atomic mass is 10.3. The Balaban J connectivity index is 1.83. The molecule has 7 heteroatoms. The summed E-state index contributed by atoms with van der Waals surface area (Å²) in [5.41, 5.74) is 1.27. The van der Waals surface area contributed by atoms with Gasteiger partial charge >= 0.3 is 6.03 Å². The lowest BCUT2D eigenvalue weighted by Gasteiger charge is -2.11. The summed E-state index contributed by atoms with van der Waals surface area (Å²) >= 11 is 0. The molecule has 0 aromatic heterocycles. The predicted octanol–water partition coefficient (Wildman–Crippen LogP) is 4.16. The molecule has 2 amide bonds. The first-order chi connectivity index (χ1) is 13.7. The normalized spacial score (nSPS) is 10.4. The van der Waals surface area contributed by atoms with Crippen molar-refractivity contribution in [3.63, 3.8) is 0 Å². The van der Waals surface area contributed by atoms with Crippen molar-refractivity contribution in [2.45, 2.75) is 13.8 Å². The van der Waals surface area contributed by atoms with E-state index < -0.39 is 0 Å². The van der Waals surface area contributed by atoms with E-state index in [1.165, 1.54) is 0 Å². The van der Waals surface area contributed by atoms with Gasteiger partial charge in [-0.05, 0) is 38.1 Å². The van der Waals surface area contributed by atoms with Gasteiger partial charge in [0, 0.05) is 36.7 Å². The summed E-state index contributed by atoms with van der Waals surface area (Å²) in [5, 5.41) is 5.58. The molecule has 0 radical (unpaired) electrons. The quantitative estimate of drug-likeness (QED) is 0.534. The van der Waals surface area contributed by atoms with Gasteiger partial charge in [-0.25, -0.2) is 4.79 Å². The minimum atomic E-state index is -0.349. The van der Waals surface area contributed by atoms with Crippen molar-refractivity contribution < 1.29 is 23.7 Å². The number of anilines is 2. The van der Waals surface area contributed by atoms with Crippen LogP contribution >= 0.6 is 0 Å². The fourth-order valence-corrected chi connectivity index (χ4v) is 2.35. The van der Waals surface area contributed by atoms with Crippen LogP contribution in [0.3, 0.4) is 0 Å². The van der Waals surface area contributed by atoms with Crippen molar-refractivity contribution in [2.75, 3.05) is 50.3 Å². The van der Waals surface area contributed by atoms with Crippen molar-refractivity contribution in [1.29, 1.82) is 0 Å². The van der Waals surface area contributed by atoms with Crippen LogP contribution in [0.4, 0.5) is 16.2 Å². The van der Waals surface area contributed by atoms with Gasteiger partial charge in [0.1, 0.15) is 24.7 Å². The summed E-state index contributed by atoms with van der Waals surface area (Å²) in [6.45, 7) is 7.15. The average molecular weight is 388 g/mol. The summed E-state index contributed by atoms with van der Waals surface area (Å²) in [7, 11) is 0. The molecular formula is C21H28N2O5. The van der Waals surface area contributed by atoms with Crippen molar-refractivity contribution in [3.8, 4) is 11.5 Å². The zero-order chi connectivity index (χ0) is 20.0. The Kier molecular flexibility index (Phi) is 9.68. The number of carbonyl (C=O) groups is 1. The fraction of sp³-hybridized carbons (Fsp3) is 0.381. The molecular weight excluding hydrogens is 360 g/mol. The van der Waals surface area contributed by atoms with Crippen LogP contribution in [0.2, 0.25) is 0 Å². The largest absolute Gasteiger partial charge is 0.491 e. The molecule has 0 unspecified atom stereocenters. The Morgan fingerprint density at radius 2 is 1.21 bits per heavy atom. The van der Waals surface area contributed by atoms with Gasteiger partial charge in [0.15, 0.2) is 0 Å². The molecule has 2 N–H and O–H groups in total. The van der Waals surface area contributed by atoms with Crippen molar-refractivity contribution in [3.05, 3.63) is 48.5 Å². The van der Waals surface area contributed by atoms with Crippen LogP contribution < -0.4 is 20.1 Å². The lowest BCUT2D eigenvalue weighted by molar-refractivity contribution is 0.110. The second-order valence-corrected chi connectivity index (χ2v) is 5.73. The molecule has 0 spiro atoms. The first-order valence-corrected chi connectivity index (χ1v) is 9.40. The molecule has 152 valence electrons. The number of carbonyl (C=O) groups excluding carboxylic acids is 1. The third-order valence-corrected chi connectivity index (χ3v) is 3.58. The van der Waals surface area contributed by atoms with Gasteiger partial charge in [0.2, 0.25) is 0 Å². The highest BCUT2D eigenvalue weighted by Gasteiger charge is 2.05. The Morgan fingerprint density at radius 1 is 0.750 bits per heavy atom. The van der Waals surface area contributed by atoms with E-state index in [0.29, 0.717) is 62.5 Å². The molecule has 0 aliphatic carbocycles. The van der Waals surface area contributed by atoms with Gasteiger partial charge < -0.3 is 29.6 Å². The van der Waals surface area contributed by atoms with Gasteiger partial charge in [0.05, 0.1) is 13.2 Å². The lowest BCUT2D eigenvalue weighted by Crippen LogP contribution is -2.19. The second-order valence-electron chi connectivity index (χ2n) is 5.73. The number of hydrogen-bond donors (Lipinski definition) is 2. The first kappa shape index (κ1) is 21.5. The van der Waals surface area contributed by atoms with Crippen molar-refractivity contribution in [1.82, 2.24) is 0 Å². The van der Waals surface area contributed by atoms with Crippen LogP contribution in [0.15, 0.2) is 48.5 Å². The molecule has 2 rings (SSSR count). The first-order valence-electron chi connectivity index (χ1n) is 9.40. The van der Waals surface area contributed by atoms with E-state index in [1.807, 2.05) is 38.1 Å². The van der Waals surface area contributed by atoms with Crippen LogP contribution in [0, 0.1) is 0 Å². The molecule has 0 fully saturated rings. The molecule has 28 heavy (non-hydrogen) atoms. The minimum absolute atomic E-state index is 0.349. The van der Waals surface area contributed by atoms with Crippen LogP contribution in [0.25, 0.3) is 0 Å². The van der Waals surface area contributed by atoms with E-state index in [-0.39, 0.29) is 6.03 Å². The molecule has 0 aliphatic heterocycles. The van der Waals surface area contributed by atoms with E-state index >= 15 is 0 Å². The summed E-state index contributed by atoms with van der Waals surface area (Å²) in [4.78, 5) is 12.3. The van der Waals surface area contributed by atoms with Crippen LogP contribution in [0.5, 0.6) is 11.5 Å². The number of nitrogens with one attached hydrogen (secondary N) is 2. The molecule has 0 aliphatic rings. The summed E-state index contributed by atoms with van der Waals surface area (Å²) in [5.74, 6) is 1.34. The highest BCUT2D eigenvalue weighted by Crippen LogP contribution is 2.19. The number of amides is 2. The monoisotopic (exact) mass is 388 g/mol. The Bertz CT molecular complexity index is 664. The molecule has 0 bridgehead atoms. The van der Waals surface area contributed by atoms with Gasteiger partial charge in [-0.1, -0.05) is 12.1 Å². The van der Waals surface area contributed by atoms with Crippen molar-refractivity contribution in [2.24, 2.45) is 0 Å². The van der Waals surface area contributed by atoms with E-state index in [0.717, 1.165) is 0 Å². The zero-order valence-corrected chi connectivity index (χ0v) is 16.4. The smallest absolute Gasteiger partial charge is 0.323 e. The Labute approximate surface area is 165 Å². The molecule has 0 saturated carbocycles. The van der Waals surface area contributed by atoms with Gasteiger partial charge in [-0.3, -0.25) is 0 Å². The maximum absolute atomic E-state index is 12.3. The molecule has 0 heterocycles. The summed E-state index contributed by atoms with van der Waals surface area (Å²) in [6, 6.07) is 14.1. The fourth-order valence-electron chi connectivity index (χ4n) is 2.35. The number of benzene rings is 2. The van der Waals surface area contributed by atoms with Crippen LogP contribution in [0.1, 0.15) is 13.8 Å². The van der Waals surface area contributed by atoms with E-state index in [4.69, 9.17) is 18.9 Å². The Morgan fingerprint density at radius 3 is 1.64 bits per heavy atom. The van der Waals surface area contributed by atoms with E-state index in [2.05, 4.69) is 10.6 Å². The summed E-state index contributed by atoms with van der Waals surface area (Å²) in [6.07, 6.45) is 0. The number of urea groups is 1. The van der Waals surface area contributed by atoms with E-state index in [9.17, 15) is 4.79 Å². The standard InChI is InChI=1S/C21H28N2O5/c1-3-25-11-13-27-19-9-5-7-17(15-19)22-21(24)23-18-8-6-10-20(16-18)28-14-12-26-4-2/h5-10,15-16H,3-4,11-14H2,1-2H3,(H2,22,23,24). The van der Waals surface area contributed by atoms with Crippen molar-refractivity contribution >= 4 is 17.4 Å². The second kappa shape index (κ2) is 12.6. The molecule has 0 atom stereocenters. The average Bonchev–Trinajstić information content (AvgIpc) is 2.69. The topological polar surface area (TPSA) is 78.1 Å². The molecule has 2 aromatic rings. The zero-order valence-electron chi connectivity index (χ0n) is 16.4. The summed E-state index contributed by atoms with van der Waals surface area (Å²) < 4.78 is 21.7. The number of rotatable bonds is 12. The number of ether oxygens (including phenoxy) is 4. The third-order valence-electron chi connectivity index (χ3n) is 3.58. The highest BCUT2D eigenvalue weighted by atomic mass is 16.5. The Hall–Kier alpha value is -2.77. The van der Waals surface area contributed by atoms with Crippen LogP contribution in [-0.4, -0.2) is 45.7 Å². The molecule has 7 nitrogen and oxygen atoms in total. The molecule has 0 saturated heterocycles. The van der Waals surface area contributed by atoms with Gasteiger partial charge in [0.25, 0.3) is 0 Å². The maximum atomic E-state index is 12.3. The SMILES string of the molecule is CCOCCOc1cccc(NC(=O)Nc2cccc(OCCOCC)c2)c1. The molecule has 2 aromatic carbocycles. The minimum Gasteiger partial charge on any atom is -0.491 e. The number of hydrogen-bond acceptors (Lipinski definition) is 5. The maximum Gasteiger partial charge on any atom is 0.323 e. The van der Waals surface area contributed by atoms with Gasteiger partial charge in [-0.2, -0.15) is 0 Å².